The van der Waals surface area contributed by atoms with E-state index in [0.717, 1.165) is 6.61 Å². The fourth-order valence-corrected chi connectivity index (χ4v) is 2.17. The van der Waals surface area contributed by atoms with Gasteiger partial charge < -0.3 is 9.64 Å². The van der Waals surface area contributed by atoms with Crippen LogP contribution in [0.2, 0.25) is 0 Å². The van der Waals surface area contributed by atoms with Gasteiger partial charge in [0, 0.05) is 13.0 Å². The summed E-state index contributed by atoms with van der Waals surface area (Å²) in [6.07, 6.45) is 3.92. The summed E-state index contributed by atoms with van der Waals surface area (Å²) in [5, 5.41) is 0. The molecule has 0 aromatic heterocycles. The number of hydrogen-bond donors (Lipinski definition) is 0. The molecule has 0 saturated carbocycles. The number of rotatable bonds is 1. The molecule has 2 nitrogen and oxygen atoms in total. The van der Waals surface area contributed by atoms with Gasteiger partial charge in [0.15, 0.2) is 0 Å². The molecule has 0 aromatic rings. The number of nitrogens with zero attached hydrogens (tertiary/aromatic N) is 1. The molecule has 2 heterocycles. The van der Waals surface area contributed by atoms with Gasteiger partial charge in [0.05, 0.1) is 12.2 Å². The van der Waals surface area contributed by atoms with Gasteiger partial charge in [0.1, 0.15) is 0 Å². The van der Waals surface area contributed by atoms with Crippen LogP contribution in [0.15, 0.2) is 0 Å². The summed E-state index contributed by atoms with van der Waals surface area (Å²) in [7, 11) is 0. The fourth-order valence-electron chi connectivity index (χ4n) is 2.17. The average Bonchev–Trinajstić information content (AvgIpc) is 2.02. The van der Waals surface area contributed by atoms with Gasteiger partial charge in [-0.15, -0.1) is 0 Å². The van der Waals surface area contributed by atoms with Crippen LogP contribution in [-0.2, 0) is 4.74 Å². The monoisotopic (exact) mass is 155 g/mol. The van der Waals surface area contributed by atoms with Crippen LogP contribution < -0.4 is 0 Å². The molecule has 2 aliphatic heterocycles. The van der Waals surface area contributed by atoms with Gasteiger partial charge in [-0.1, -0.05) is 6.92 Å². The standard InChI is InChI=1S/C9H17NO/c1-2-10-6-3-4-9(8-10)5-7-11-9/h2-8H2,1H3/t9-/m0/s1. The molecular weight excluding hydrogens is 138 g/mol. The van der Waals surface area contributed by atoms with Crippen molar-refractivity contribution in [2.75, 3.05) is 26.2 Å². The van der Waals surface area contributed by atoms with E-state index in [1.54, 1.807) is 0 Å². The molecule has 0 bridgehead atoms. The Morgan fingerprint density at radius 1 is 1.45 bits per heavy atom. The zero-order valence-corrected chi connectivity index (χ0v) is 7.31. The zero-order valence-electron chi connectivity index (χ0n) is 7.31. The van der Waals surface area contributed by atoms with E-state index in [-0.39, 0.29) is 0 Å². The molecule has 0 unspecified atom stereocenters. The van der Waals surface area contributed by atoms with Crippen molar-refractivity contribution >= 4 is 0 Å². The highest BCUT2D eigenvalue weighted by molar-refractivity contribution is 4.93. The van der Waals surface area contributed by atoms with E-state index in [2.05, 4.69) is 11.8 Å². The first kappa shape index (κ1) is 7.56. The molecule has 0 N–H and O–H groups in total. The van der Waals surface area contributed by atoms with Crippen LogP contribution in [0.5, 0.6) is 0 Å². The third-order valence-electron chi connectivity index (χ3n) is 3.03. The third-order valence-corrected chi connectivity index (χ3v) is 3.03. The first-order valence-electron chi connectivity index (χ1n) is 4.71. The van der Waals surface area contributed by atoms with E-state index >= 15 is 0 Å². The van der Waals surface area contributed by atoms with Crippen molar-refractivity contribution in [3.8, 4) is 0 Å². The largest absolute Gasteiger partial charge is 0.373 e. The Kier molecular flexibility index (Phi) is 1.90. The Morgan fingerprint density at radius 2 is 2.27 bits per heavy atom. The molecule has 1 spiro atoms. The van der Waals surface area contributed by atoms with E-state index in [0.29, 0.717) is 5.60 Å². The van der Waals surface area contributed by atoms with E-state index in [1.165, 1.54) is 38.9 Å². The molecule has 2 aliphatic rings. The molecular formula is C9H17NO. The number of likely N-dealkylation sites (N-methyl/N-ethyl adjacent to an activating group) is 1. The van der Waals surface area contributed by atoms with Crippen LogP contribution in [0.3, 0.4) is 0 Å². The highest BCUT2D eigenvalue weighted by Gasteiger charge is 2.41. The van der Waals surface area contributed by atoms with Crippen molar-refractivity contribution < 1.29 is 4.74 Å². The van der Waals surface area contributed by atoms with Crippen LogP contribution in [-0.4, -0.2) is 36.7 Å². The molecule has 64 valence electrons. The van der Waals surface area contributed by atoms with E-state index < -0.39 is 0 Å². The summed E-state index contributed by atoms with van der Waals surface area (Å²) in [6, 6.07) is 0. The lowest BCUT2D eigenvalue weighted by Crippen LogP contribution is -2.55. The van der Waals surface area contributed by atoms with Crippen LogP contribution in [0.4, 0.5) is 0 Å². The second-order valence-electron chi connectivity index (χ2n) is 3.75. The van der Waals surface area contributed by atoms with Crippen molar-refractivity contribution in [2.45, 2.75) is 31.8 Å². The van der Waals surface area contributed by atoms with E-state index in [4.69, 9.17) is 4.74 Å². The van der Waals surface area contributed by atoms with Crippen molar-refractivity contribution in [1.82, 2.24) is 4.90 Å². The minimum Gasteiger partial charge on any atom is -0.373 e. The molecule has 2 fully saturated rings. The smallest absolute Gasteiger partial charge is 0.0831 e. The molecule has 0 radical (unpaired) electrons. The Hall–Kier alpha value is -0.0800. The molecule has 0 amide bonds. The van der Waals surface area contributed by atoms with Gasteiger partial charge in [0.25, 0.3) is 0 Å². The highest BCUT2D eigenvalue weighted by atomic mass is 16.5. The first-order chi connectivity index (χ1) is 5.35. The van der Waals surface area contributed by atoms with E-state index in [1.807, 2.05) is 0 Å². The Morgan fingerprint density at radius 3 is 2.82 bits per heavy atom. The van der Waals surface area contributed by atoms with Crippen LogP contribution in [0.25, 0.3) is 0 Å². The Labute approximate surface area is 68.5 Å². The minimum absolute atomic E-state index is 0.300. The summed E-state index contributed by atoms with van der Waals surface area (Å²) in [5.74, 6) is 0. The van der Waals surface area contributed by atoms with Gasteiger partial charge in [-0.25, -0.2) is 0 Å². The van der Waals surface area contributed by atoms with Crippen molar-refractivity contribution in [1.29, 1.82) is 0 Å². The second kappa shape index (κ2) is 2.76. The number of piperidine rings is 1. The van der Waals surface area contributed by atoms with Crippen LogP contribution >= 0.6 is 0 Å². The lowest BCUT2D eigenvalue weighted by Gasteiger charge is -2.48. The normalized spacial score (nSPS) is 39.0. The lowest BCUT2D eigenvalue weighted by molar-refractivity contribution is -0.176. The molecule has 2 rings (SSSR count). The predicted octanol–water partition coefficient (Wildman–Crippen LogP) is 1.26. The minimum atomic E-state index is 0.300. The number of hydrogen-bond acceptors (Lipinski definition) is 2. The third kappa shape index (κ3) is 1.30. The summed E-state index contributed by atoms with van der Waals surface area (Å²) >= 11 is 0. The first-order valence-corrected chi connectivity index (χ1v) is 4.71. The maximum absolute atomic E-state index is 5.65. The fraction of sp³-hybridized carbons (Fsp3) is 1.00. The maximum Gasteiger partial charge on any atom is 0.0831 e. The lowest BCUT2D eigenvalue weighted by atomic mass is 9.86. The van der Waals surface area contributed by atoms with Crippen molar-refractivity contribution in [3.63, 3.8) is 0 Å². The highest BCUT2D eigenvalue weighted by Crippen LogP contribution is 2.34. The quantitative estimate of drug-likeness (QED) is 0.565. The van der Waals surface area contributed by atoms with Crippen LogP contribution in [0, 0.1) is 0 Å². The predicted molar refractivity (Wildman–Crippen MR) is 44.6 cm³/mol. The molecule has 11 heavy (non-hydrogen) atoms. The molecule has 0 aliphatic carbocycles. The number of ether oxygens (including phenoxy) is 1. The summed E-state index contributed by atoms with van der Waals surface area (Å²) < 4.78 is 5.65. The molecule has 2 heteroatoms. The molecule has 2 saturated heterocycles. The Balaban J connectivity index is 1.92. The molecule has 0 aromatic carbocycles. The second-order valence-corrected chi connectivity index (χ2v) is 3.75. The van der Waals surface area contributed by atoms with Gasteiger partial charge in [-0.3, -0.25) is 0 Å². The summed E-state index contributed by atoms with van der Waals surface area (Å²) in [6.45, 7) is 6.88. The van der Waals surface area contributed by atoms with Gasteiger partial charge in [-0.05, 0) is 25.9 Å². The van der Waals surface area contributed by atoms with Crippen molar-refractivity contribution in [2.24, 2.45) is 0 Å². The summed E-state index contributed by atoms with van der Waals surface area (Å²) in [5.41, 5.74) is 0.300. The number of likely N-dealkylation sites (tertiary alicyclic amines) is 1. The average molecular weight is 155 g/mol. The SMILES string of the molecule is CCN1CCC[C@]2(CCO2)C1. The maximum atomic E-state index is 5.65. The van der Waals surface area contributed by atoms with Gasteiger partial charge in [-0.2, -0.15) is 0 Å². The Bertz CT molecular complexity index is 142. The van der Waals surface area contributed by atoms with Crippen molar-refractivity contribution in [3.05, 3.63) is 0 Å². The topological polar surface area (TPSA) is 12.5 Å². The molecule has 1 atom stereocenters. The van der Waals surface area contributed by atoms with Gasteiger partial charge in [0.2, 0.25) is 0 Å². The summed E-state index contributed by atoms with van der Waals surface area (Å²) in [4.78, 5) is 2.50. The zero-order chi connectivity index (χ0) is 7.73. The van der Waals surface area contributed by atoms with Gasteiger partial charge >= 0.3 is 0 Å². The van der Waals surface area contributed by atoms with E-state index in [9.17, 15) is 0 Å². The van der Waals surface area contributed by atoms with Crippen LogP contribution in [0.1, 0.15) is 26.2 Å².